The van der Waals surface area contributed by atoms with Crippen LogP contribution >= 0.6 is 11.3 Å². The van der Waals surface area contributed by atoms with Gasteiger partial charge in [0.05, 0.1) is 11.0 Å². The number of nitrogens with zero attached hydrogens (tertiary/aromatic N) is 2. The number of fused-ring (bicyclic) bond motifs is 3. The van der Waals surface area contributed by atoms with Crippen LogP contribution in [0.5, 0.6) is 0 Å². The van der Waals surface area contributed by atoms with Gasteiger partial charge in [-0.2, -0.15) is 5.26 Å². The first-order valence-corrected chi connectivity index (χ1v) is 13.8. The van der Waals surface area contributed by atoms with Gasteiger partial charge in [-0.1, -0.05) is 65.8 Å². The molecule has 196 valence electrons. The first-order chi connectivity index (χ1) is 18.4. The number of aromatic nitrogens is 1. The second kappa shape index (κ2) is 9.55. The number of carbonyl (C=O) groups is 1. The van der Waals surface area contributed by atoms with E-state index in [1.165, 1.54) is 50.3 Å². The summed E-state index contributed by atoms with van der Waals surface area (Å²) in [6.07, 6.45) is 1.42. The van der Waals surface area contributed by atoms with Gasteiger partial charge in [-0.3, -0.25) is 0 Å². The van der Waals surface area contributed by atoms with Gasteiger partial charge in [0.2, 0.25) is 0 Å². The molecule has 0 saturated carbocycles. The molecule has 0 saturated heterocycles. The van der Waals surface area contributed by atoms with Gasteiger partial charge in [0.25, 0.3) is 0 Å². The van der Waals surface area contributed by atoms with Crippen molar-refractivity contribution in [3.63, 3.8) is 0 Å². The lowest BCUT2D eigenvalue weighted by Crippen LogP contribution is -2.10. The molecular weight excluding hydrogens is 500 g/mol. The van der Waals surface area contributed by atoms with E-state index in [1.54, 1.807) is 6.07 Å². The van der Waals surface area contributed by atoms with Crippen molar-refractivity contribution in [3.05, 3.63) is 94.4 Å². The number of thiophene rings is 1. The molecule has 5 heteroatoms. The Morgan fingerprint density at radius 1 is 0.821 bits per heavy atom. The summed E-state index contributed by atoms with van der Waals surface area (Å²) in [5.41, 5.74) is 6.96. The van der Waals surface area contributed by atoms with E-state index in [0.717, 1.165) is 21.0 Å². The van der Waals surface area contributed by atoms with Crippen LogP contribution in [0.15, 0.2) is 78.4 Å². The molecule has 1 N–H and O–H groups in total. The molecular formula is C34H32N2O2S. The molecule has 4 nitrogen and oxygen atoms in total. The predicted octanol–water partition coefficient (Wildman–Crippen LogP) is 9.10. The number of hydrogen-bond acceptors (Lipinski definition) is 3. The van der Waals surface area contributed by atoms with Gasteiger partial charge in [-0.25, -0.2) is 4.79 Å². The second-order valence-electron chi connectivity index (χ2n) is 12.0. The second-order valence-corrected chi connectivity index (χ2v) is 13.1. The molecule has 0 spiro atoms. The van der Waals surface area contributed by atoms with Crippen LogP contribution in [0.2, 0.25) is 0 Å². The van der Waals surface area contributed by atoms with Crippen LogP contribution in [0.4, 0.5) is 0 Å². The summed E-state index contributed by atoms with van der Waals surface area (Å²) in [7, 11) is 0. The molecule has 2 heterocycles. The first-order valence-electron chi connectivity index (χ1n) is 13.0. The van der Waals surface area contributed by atoms with Gasteiger partial charge in [0, 0.05) is 26.2 Å². The molecule has 5 aromatic rings. The summed E-state index contributed by atoms with van der Waals surface area (Å²) < 4.78 is 2.34. The van der Waals surface area contributed by atoms with Crippen LogP contribution in [0.25, 0.3) is 44.0 Å². The van der Waals surface area contributed by atoms with Crippen LogP contribution in [-0.4, -0.2) is 15.6 Å². The van der Waals surface area contributed by atoms with Crippen molar-refractivity contribution in [1.82, 2.24) is 4.57 Å². The molecule has 0 radical (unpaired) electrons. The lowest BCUT2D eigenvalue weighted by Gasteiger charge is -2.19. The van der Waals surface area contributed by atoms with Crippen LogP contribution in [0.1, 0.15) is 57.5 Å². The third-order valence-electron chi connectivity index (χ3n) is 7.17. The highest BCUT2D eigenvalue weighted by molar-refractivity contribution is 7.16. The summed E-state index contributed by atoms with van der Waals surface area (Å²) >= 11 is 1.47. The van der Waals surface area contributed by atoms with Crippen molar-refractivity contribution in [2.75, 3.05) is 0 Å². The summed E-state index contributed by atoms with van der Waals surface area (Å²) in [5, 5.41) is 20.7. The Labute approximate surface area is 233 Å². The minimum absolute atomic E-state index is 0.0547. The predicted molar refractivity (Wildman–Crippen MR) is 163 cm³/mol. The molecule has 0 aliphatic carbocycles. The van der Waals surface area contributed by atoms with Crippen LogP contribution in [0, 0.1) is 11.3 Å². The van der Waals surface area contributed by atoms with Gasteiger partial charge in [-0.05, 0) is 82.1 Å². The Bertz CT molecular complexity index is 1730. The fraction of sp³-hybridized carbons (Fsp3) is 0.235. The average molecular weight is 533 g/mol. The number of benzene rings is 3. The monoisotopic (exact) mass is 532 g/mol. The number of rotatable bonds is 4. The molecule has 0 atom stereocenters. The molecule has 0 aliphatic rings. The maximum Gasteiger partial charge on any atom is 0.346 e. The van der Waals surface area contributed by atoms with Gasteiger partial charge < -0.3 is 9.67 Å². The highest BCUT2D eigenvalue weighted by Gasteiger charge is 2.20. The number of hydrogen-bond donors (Lipinski definition) is 1. The van der Waals surface area contributed by atoms with E-state index >= 15 is 0 Å². The third kappa shape index (κ3) is 5.01. The lowest BCUT2D eigenvalue weighted by atomic mass is 9.85. The van der Waals surface area contributed by atoms with Crippen molar-refractivity contribution in [2.24, 2.45) is 0 Å². The summed E-state index contributed by atoms with van der Waals surface area (Å²) in [5.74, 6) is -1.22. The zero-order chi connectivity index (χ0) is 28.1. The van der Waals surface area contributed by atoms with Crippen molar-refractivity contribution in [3.8, 4) is 22.2 Å². The molecule has 0 aliphatic heterocycles. The molecule has 39 heavy (non-hydrogen) atoms. The smallest absolute Gasteiger partial charge is 0.346 e. The van der Waals surface area contributed by atoms with E-state index in [1.807, 2.05) is 12.1 Å². The lowest BCUT2D eigenvalue weighted by molar-refractivity contribution is -0.132. The molecule has 0 unspecified atom stereocenters. The van der Waals surface area contributed by atoms with E-state index in [0.29, 0.717) is 0 Å². The summed E-state index contributed by atoms with van der Waals surface area (Å²) in [4.78, 5) is 12.9. The first kappa shape index (κ1) is 26.5. The van der Waals surface area contributed by atoms with Crippen LogP contribution in [-0.2, 0) is 15.6 Å². The van der Waals surface area contributed by atoms with Crippen LogP contribution < -0.4 is 0 Å². The fourth-order valence-corrected chi connectivity index (χ4v) is 5.84. The van der Waals surface area contributed by atoms with Gasteiger partial charge in [0.15, 0.2) is 0 Å². The molecule has 2 aromatic heterocycles. The van der Waals surface area contributed by atoms with E-state index in [9.17, 15) is 4.79 Å². The maximum absolute atomic E-state index is 11.2. The third-order valence-corrected chi connectivity index (χ3v) is 8.25. The topological polar surface area (TPSA) is 66.0 Å². The minimum Gasteiger partial charge on any atom is -0.477 e. The Kier molecular flexibility index (Phi) is 6.48. The van der Waals surface area contributed by atoms with Crippen molar-refractivity contribution < 1.29 is 9.90 Å². The molecule has 0 bridgehead atoms. The Morgan fingerprint density at radius 2 is 1.36 bits per heavy atom. The maximum atomic E-state index is 11.2. The van der Waals surface area contributed by atoms with Gasteiger partial charge >= 0.3 is 5.97 Å². The number of nitriles is 1. The normalized spacial score (nSPS) is 12.7. The van der Waals surface area contributed by atoms with E-state index in [4.69, 9.17) is 10.4 Å². The molecule has 3 aromatic carbocycles. The zero-order valence-electron chi connectivity index (χ0n) is 23.2. The summed E-state index contributed by atoms with van der Waals surface area (Å²) in [6, 6.07) is 27.7. The average Bonchev–Trinajstić information content (AvgIpc) is 3.48. The van der Waals surface area contributed by atoms with Crippen LogP contribution in [0.3, 0.4) is 0 Å². The van der Waals surface area contributed by atoms with Crippen molar-refractivity contribution >= 4 is 45.2 Å². The number of carboxylic acid groups (broad SMARTS) is 1. The number of carboxylic acids is 1. The quantitative estimate of drug-likeness (QED) is 0.185. The zero-order valence-corrected chi connectivity index (χ0v) is 24.0. The largest absolute Gasteiger partial charge is 0.477 e. The van der Waals surface area contributed by atoms with Gasteiger partial charge in [0.1, 0.15) is 11.6 Å². The Morgan fingerprint density at radius 3 is 1.82 bits per heavy atom. The summed E-state index contributed by atoms with van der Waals surface area (Å²) in [6.45, 7) is 13.5. The SMILES string of the molecule is CC(C)(C)c1ccc2c(c1)c1cc(C(C)(C)C)ccc1n2-c1ccc(-c2ccc(/C=C(/C#N)C(=O)O)s2)cc1. The molecule has 5 rings (SSSR count). The minimum atomic E-state index is -1.22. The highest BCUT2D eigenvalue weighted by Crippen LogP contribution is 2.38. The molecule has 0 amide bonds. The van der Waals surface area contributed by atoms with E-state index in [2.05, 4.69) is 107 Å². The highest BCUT2D eigenvalue weighted by atomic mass is 32.1. The van der Waals surface area contributed by atoms with E-state index < -0.39 is 5.97 Å². The molecule has 0 fully saturated rings. The Hall–Kier alpha value is -4.14. The van der Waals surface area contributed by atoms with Gasteiger partial charge in [-0.15, -0.1) is 11.3 Å². The standard InChI is InChI=1S/C34H32N2O2S/c1-33(2,3)23-9-14-29-27(18-23)28-19-24(34(4,5)6)10-15-30(28)36(29)25-11-7-21(8-12-25)31-16-13-26(39-31)17-22(20-35)32(37)38/h7-19H,1-6H3,(H,37,38)/b22-17-. The van der Waals surface area contributed by atoms with E-state index in [-0.39, 0.29) is 16.4 Å². The number of aliphatic carboxylic acids is 1. The van der Waals surface area contributed by atoms with Crippen molar-refractivity contribution in [1.29, 1.82) is 5.26 Å². The Balaban J connectivity index is 1.62. The fourth-order valence-electron chi connectivity index (χ4n) is 4.88. The van der Waals surface area contributed by atoms with Crippen molar-refractivity contribution in [2.45, 2.75) is 52.4 Å².